The molecule has 1 N–H and O–H groups in total. The van der Waals surface area contributed by atoms with Crippen molar-refractivity contribution in [1.29, 1.82) is 0 Å². The molecule has 1 aromatic carbocycles. The Bertz CT molecular complexity index is 554. The summed E-state index contributed by atoms with van der Waals surface area (Å²) >= 11 is 0. The summed E-state index contributed by atoms with van der Waals surface area (Å²) in [5, 5.41) is 1.25. The van der Waals surface area contributed by atoms with E-state index >= 15 is 0 Å². The molecule has 122 valence electrons. The summed E-state index contributed by atoms with van der Waals surface area (Å²) in [5.74, 6) is 0.974. The normalized spacial score (nSPS) is 11.5. The van der Waals surface area contributed by atoms with Gasteiger partial charge in [0.1, 0.15) is 5.75 Å². The number of aromatic nitrogens is 1. The van der Waals surface area contributed by atoms with Gasteiger partial charge >= 0.3 is 0 Å². The first-order valence-electron chi connectivity index (χ1n) is 8.65. The molecule has 0 aliphatic carbocycles. The van der Waals surface area contributed by atoms with Gasteiger partial charge < -0.3 is 14.6 Å². The molecule has 0 saturated heterocycles. The van der Waals surface area contributed by atoms with Gasteiger partial charge in [0.15, 0.2) is 0 Å². The van der Waals surface area contributed by atoms with Crippen molar-refractivity contribution in [2.24, 2.45) is 0 Å². The number of fused-ring (bicyclic) bond motifs is 1. The number of methoxy groups -OCH3 is 1. The highest BCUT2D eigenvalue weighted by atomic mass is 16.5. The van der Waals surface area contributed by atoms with E-state index in [9.17, 15) is 0 Å². The average molecular weight is 302 g/mol. The van der Waals surface area contributed by atoms with Crippen molar-refractivity contribution in [2.45, 2.75) is 46.0 Å². The molecular formula is C19H30N2O. The maximum atomic E-state index is 5.53. The van der Waals surface area contributed by atoms with Gasteiger partial charge in [-0.2, -0.15) is 0 Å². The Balaban J connectivity index is 2.05. The fraction of sp³-hybridized carbons (Fsp3) is 0.579. The van der Waals surface area contributed by atoms with Crippen molar-refractivity contribution in [3.8, 4) is 5.75 Å². The van der Waals surface area contributed by atoms with Crippen molar-refractivity contribution in [3.05, 3.63) is 30.0 Å². The molecule has 0 saturated carbocycles. The lowest BCUT2D eigenvalue weighted by Gasteiger charge is -2.21. The molecule has 0 aliphatic heterocycles. The second kappa shape index (κ2) is 8.84. The molecule has 3 nitrogen and oxygen atoms in total. The number of nitrogens with zero attached hydrogens (tertiary/aromatic N) is 1. The molecule has 3 heteroatoms. The van der Waals surface area contributed by atoms with E-state index in [1.807, 2.05) is 12.1 Å². The molecule has 0 radical (unpaired) electrons. The third kappa shape index (κ3) is 4.26. The predicted octanol–water partition coefficient (Wildman–Crippen LogP) is 4.62. The number of aromatic amines is 1. The van der Waals surface area contributed by atoms with Gasteiger partial charge in [0.2, 0.25) is 0 Å². The van der Waals surface area contributed by atoms with Gasteiger partial charge in [0, 0.05) is 23.6 Å². The predicted molar refractivity (Wildman–Crippen MR) is 94.8 cm³/mol. The van der Waals surface area contributed by atoms with Crippen LogP contribution in [-0.4, -0.2) is 36.6 Å². The van der Waals surface area contributed by atoms with Crippen LogP contribution in [0.5, 0.6) is 5.75 Å². The molecule has 1 heterocycles. The first-order valence-corrected chi connectivity index (χ1v) is 8.65. The summed E-state index contributed by atoms with van der Waals surface area (Å²) in [4.78, 5) is 5.99. The Morgan fingerprint density at radius 1 is 1.05 bits per heavy atom. The number of nitrogens with one attached hydrogen (secondary N) is 1. The summed E-state index contributed by atoms with van der Waals surface area (Å²) in [7, 11) is 1.75. The standard InChI is InChI=1S/C19H30N2O/c1-4-6-12-21(13-7-5-2)14-11-16-15-20-17-9-8-10-18(22-3)19(16)17/h8-10,15,20H,4-7,11-14H2,1-3H3. The largest absolute Gasteiger partial charge is 0.496 e. The second-order valence-electron chi connectivity index (χ2n) is 6.00. The lowest BCUT2D eigenvalue weighted by atomic mass is 10.1. The molecule has 0 atom stereocenters. The maximum Gasteiger partial charge on any atom is 0.128 e. The van der Waals surface area contributed by atoms with Crippen LogP contribution in [0, 0.1) is 0 Å². The monoisotopic (exact) mass is 302 g/mol. The van der Waals surface area contributed by atoms with E-state index in [2.05, 4.69) is 36.0 Å². The minimum absolute atomic E-state index is 0.974. The molecule has 0 amide bonds. The van der Waals surface area contributed by atoms with Crippen molar-refractivity contribution < 1.29 is 4.74 Å². The van der Waals surface area contributed by atoms with E-state index in [4.69, 9.17) is 4.74 Å². The topological polar surface area (TPSA) is 28.3 Å². The van der Waals surface area contributed by atoms with E-state index in [0.717, 1.165) is 18.7 Å². The van der Waals surface area contributed by atoms with Crippen molar-refractivity contribution in [1.82, 2.24) is 9.88 Å². The highest BCUT2D eigenvalue weighted by Gasteiger charge is 2.11. The second-order valence-corrected chi connectivity index (χ2v) is 6.00. The van der Waals surface area contributed by atoms with Crippen LogP contribution in [-0.2, 0) is 6.42 Å². The number of ether oxygens (including phenoxy) is 1. The molecule has 2 rings (SSSR count). The van der Waals surface area contributed by atoms with E-state index in [1.165, 1.54) is 55.2 Å². The van der Waals surface area contributed by atoms with Gasteiger partial charge in [-0.05, 0) is 50.0 Å². The molecule has 1 aromatic heterocycles. The summed E-state index contributed by atoms with van der Waals surface area (Å²) in [6.07, 6.45) is 8.34. The van der Waals surface area contributed by atoms with Crippen molar-refractivity contribution in [3.63, 3.8) is 0 Å². The minimum atomic E-state index is 0.974. The number of hydrogen-bond donors (Lipinski definition) is 1. The number of rotatable bonds is 10. The quantitative estimate of drug-likeness (QED) is 0.693. The highest BCUT2D eigenvalue weighted by Crippen LogP contribution is 2.28. The zero-order chi connectivity index (χ0) is 15.8. The number of unbranched alkanes of at least 4 members (excludes halogenated alkanes) is 2. The lowest BCUT2D eigenvalue weighted by molar-refractivity contribution is 0.268. The fourth-order valence-electron chi connectivity index (χ4n) is 2.96. The van der Waals surface area contributed by atoms with Crippen LogP contribution in [0.25, 0.3) is 10.9 Å². The molecule has 0 bridgehead atoms. The Labute approximate surface area is 134 Å². The van der Waals surface area contributed by atoms with Crippen LogP contribution >= 0.6 is 0 Å². The Kier molecular flexibility index (Phi) is 6.78. The van der Waals surface area contributed by atoms with Crippen LogP contribution in [0.4, 0.5) is 0 Å². The van der Waals surface area contributed by atoms with Crippen LogP contribution in [0.3, 0.4) is 0 Å². The smallest absolute Gasteiger partial charge is 0.128 e. The number of hydrogen-bond acceptors (Lipinski definition) is 2. The van der Waals surface area contributed by atoms with Crippen LogP contribution in [0.15, 0.2) is 24.4 Å². The van der Waals surface area contributed by atoms with E-state index in [0.29, 0.717) is 0 Å². The first-order chi connectivity index (χ1) is 10.8. The van der Waals surface area contributed by atoms with Gasteiger partial charge in [-0.25, -0.2) is 0 Å². The summed E-state index contributed by atoms with van der Waals surface area (Å²) < 4.78 is 5.53. The number of H-pyrrole nitrogens is 1. The van der Waals surface area contributed by atoms with Gasteiger partial charge in [0.05, 0.1) is 7.11 Å². The molecule has 22 heavy (non-hydrogen) atoms. The maximum absolute atomic E-state index is 5.53. The van der Waals surface area contributed by atoms with Crippen LogP contribution in [0.2, 0.25) is 0 Å². The molecule has 0 fully saturated rings. The summed E-state index contributed by atoms with van der Waals surface area (Å²) in [5.41, 5.74) is 2.54. The third-order valence-corrected chi connectivity index (χ3v) is 4.32. The first kappa shape index (κ1) is 16.9. The lowest BCUT2D eigenvalue weighted by Crippen LogP contribution is -2.28. The molecule has 2 aromatic rings. The summed E-state index contributed by atoms with van der Waals surface area (Å²) in [6, 6.07) is 6.20. The molecule has 0 spiro atoms. The number of benzene rings is 1. The van der Waals surface area contributed by atoms with Gasteiger partial charge in [-0.15, -0.1) is 0 Å². The molecule has 0 aliphatic rings. The van der Waals surface area contributed by atoms with Gasteiger partial charge in [0.25, 0.3) is 0 Å². The molecule has 0 unspecified atom stereocenters. The zero-order valence-corrected chi connectivity index (χ0v) is 14.3. The van der Waals surface area contributed by atoms with Crippen LogP contribution in [0.1, 0.15) is 45.1 Å². The van der Waals surface area contributed by atoms with Crippen molar-refractivity contribution >= 4 is 10.9 Å². The van der Waals surface area contributed by atoms with E-state index in [-0.39, 0.29) is 0 Å². The van der Waals surface area contributed by atoms with Gasteiger partial charge in [-0.1, -0.05) is 32.8 Å². The molecular weight excluding hydrogens is 272 g/mol. The Morgan fingerprint density at radius 3 is 2.41 bits per heavy atom. The SMILES string of the molecule is CCCCN(CCCC)CCc1c[nH]c2cccc(OC)c12. The van der Waals surface area contributed by atoms with Crippen molar-refractivity contribution in [2.75, 3.05) is 26.7 Å². The van der Waals surface area contributed by atoms with E-state index in [1.54, 1.807) is 7.11 Å². The highest BCUT2D eigenvalue weighted by molar-refractivity contribution is 5.89. The Hall–Kier alpha value is -1.48. The Morgan fingerprint density at radius 2 is 1.77 bits per heavy atom. The summed E-state index contributed by atoms with van der Waals surface area (Å²) in [6.45, 7) is 8.10. The van der Waals surface area contributed by atoms with Crippen LogP contribution < -0.4 is 4.74 Å². The van der Waals surface area contributed by atoms with Gasteiger partial charge in [-0.3, -0.25) is 0 Å². The minimum Gasteiger partial charge on any atom is -0.496 e. The zero-order valence-electron chi connectivity index (χ0n) is 14.3. The van der Waals surface area contributed by atoms with E-state index < -0.39 is 0 Å². The fourth-order valence-corrected chi connectivity index (χ4v) is 2.96. The third-order valence-electron chi connectivity index (χ3n) is 4.32. The average Bonchev–Trinajstić information content (AvgIpc) is 2.97.